The summed E-state index contributed by atoms with van der Waals surface area (Å²) in [5.41, 5.74) is 0. The summed E-state index contributed by atoms with van der Waals surface area (Å²) in [6.45, 7) is 8.14. The van der Waals surface area contributed by atoms with Crippen LogP contribution in [0.2, 0.25) is 0 Å². The van der Waals surface area contributed by atoms with Gasteiger partial charge in [0.05, 0.1) is 6.10 Å². The maximum absolute atomic E-state index is 13.5. The SMILES string of the molecule is CC1CCN(C[C@H]2OCC[C@@H](F)[C@@H]2C)CC1. The minimum Gasteiger partial charge on any atom is -0.376 e. The van der Waals surface area contributed by atoms with Crippen LogP contribution in [-0.4, -0.2) is 43.4 Å². The zero-order valence-electron chi connectivity index (χ0n) is 10.5. The zero-order chi connectivity index (χ0) is 11.5. The van der Waals surface area contributed by atoms with Gasteiger partial charge in [0, 0.05) is 25.5 Å². The molecule has 0 radical (unpaired) electrons. The van der Waals surface area contributed by atoms with Crippen molar-refractivity contribution in [1.29, 1.82) is 0 Å². The van der Waals surface area contributed by atoms with E-state index in [0.717, 1.165) is 25.6 Å². The number of hydrogen-bond donors (Lipinski definition) is 0. The molecule has 94 valence electrons. The van der Waals surface area contributed by atoms with Crippen molar-refractivity contribution in [1.82, 2.24) is 4.90 Å². The summed E-state index contributed by atoms with van der Waals surface area (Å²) >= 11 is 0. The molecule has 0 aliphatic carbocycles. The predicted octanol–water partition coefficient (Wildman–Crippen LogP) is 2.48. The first kappa shape index (κ1) is 12.3. The molecule has 2 aliphatic rings. The minimum atomic E-state index is -0.664. The van der Waals surface area contributed by atoms with Gasteiger partial charge >= 0.3 is 0 Å². The van der Waals surface area contributed by atoms with Gasteiger partial charge in [-0.15, -0.1) is 0 Å². The Kier molecular flexibility index (Phi) is 4.20. The molecule has 0 spiro atoms. The first-order valence-electron chi connectivity index (χ1n) is 6.65. The largest absolute Gasteiger partial charge is 0.376 e. The van der Waals surface area contributed by atoms with Crippen LogP contribution in [-0.2, 0) is 4.74 Å². The summed E-state index contributed by atoms with van der Waals surface area (Å²) in [4.78, 5) is 2.44. The number of halogens is 1. The van der Waals surface area contributed by atoms with E-state index >= 15 is 0 Å². The van der Waals surface area contributed by atoms with Crippen molar-refractivity contribution in [3.63, 3.8) is 0 Å². The Labute approximate surface area is 98.1 Å². The van der Waals surface area contributed by atoms with Crippen LogP contribution in [0.15, 0.2) is 0 Å². The number of hydrogen-bond acceptors (Lipinski definition) is 2. The molecule has 0 bridgehead atoms. The topological polar surface area (TPSA) is 12.5 Å². The Bertz CT molecular complexity index is 216. The first-order chi connectivity index (χ1) is 7.66. The van der Waals surface area contributed by atoms with E-state index in [1.54, 1.807) is 0 Å². The van der Waals surface area contributed by atoms with Crippen molar-refractivity contribution in [3.05, 3.63) is 0 Å². The lowest BCUT2D eigenvalue weighted by atomic mass is 9.92. The third-order valence-corrected chi connectivity index (χ3v) is 4.20. The van der Waals surface area contributed by atoms with Gasteiger partial charge in [-0.3, -0.25) is 0 Å². The van der Waals surface area contributed by atoms with E-state index in [9.17, 15) is 4.39 Å². The van der Waals surface area contributed by atoms with Crippen LogP contribution in [0.1, 0.15) is 33.1 Å². The van der Waals surface area contributed by atoms with Crippen LogP contribution < -0.4 is 0 Å². The van der Waals surface area contributed by atoms with Crippen LogP contribution in [0.5, 0.6) is 0 Å². The summed E-state index contributed by atoms with van der Waals surface area (Å²) in [6.07, 6.45) is 2.58. The lowest BCUT2D eigenvalue weighted by Gasteiger charge is -2.38. The molecule has 2 heterocycles. The maximum atomic E-state index is 13.5. The quantitative estimate of drug-likeness (QED) is 0.721. The van der Waals surface area contributed by atoms with Crippen molar-refractivity contribution in [2.45, 2.75) is 45.4 Å². The molecular formula is C13H24FNO. The second kappa shape index (κ2) is 5.46. The highest BCUT2D eigenvalue weighted by molar-refractivity contribution is 4.82. The average molecular weight is 229 g/mol. The predicted molar refractivity (Wildman–Crippen MR) is 63.3 cm³/mol. The second-order valence-electron chi connectivity index (χ2n) is 5.56. The monoisotopic (exact) mass is 229 g/mol. The Morgan fingerprint density at radius 3 is 2.56 bits per heavy atom. The van der Waals surface area contributed by atoms with Gasteiger partial charge in [-0.2, -0.15) is 0 Å². The molecule has 2 saturated heterocycles. The number of nitrogens with zero attached hydrogens (tertiary/aromatic N) is 1. The molecule has 2 fully saturated rings. The highest BCUT2D eigenvalue weighted by Gasteiger charge is 2.32. The summed E-state index contributed by atoms with van der Waals surface area (Å²) < 4.78 is 19.3. The Morgan fingerprint density at radius 2 is 1.88 bits per heavy atom. The van der Waals surface area contributed by atoms with Gasteiger partial charge in [0.25, 0.3) is 0 Å². The van der Waals surface area contributed by atoms with Gasteiger partial charge in [-0.25, -0.2) is 4.39 Å². The number of ether oxygens (including phenoxy) is 1. The van der Waals surface area contributed by atoms with Crippen LogP contribution in [0.4, 0.5) is 4.39 Å². The molecule has 0 aromatic rings. The van der Waals surface area contributed by atoms with Crippen LogP contribution in [0.3, 0.4) is 0 Å². The molecule has 0 unspecified atom stereocenters. The fourth-order valence-electron chi connectivity index (χ4n) is 2.70. The van der Waals surface area contributed by atoms with Crippen LogP contribution in [0, 0.1) is 11.8 Å². The van der Waals surface area contributed by atoms with E-state index in [0.29, 0.717) is 13.0 Å². The zero-order valence-corrected chi connectivity index (χ0v) is 10.5. The number of likely N-dealkylation sites (tertiary alicyclic amines) is 1. The van der Waals surface area contributed by atoms with Gasteiger partial charge in [0.15, 0.2) is 0 Å². The van der Waals surface area contributed by atoms with E-state index in [1.807, 2.05) is 6.92 Å². The van der Waals surface area contributed by atoms with Crippen LogP contribution in [0.25, 0.3) is 0 Å². The van der Waals surface area contributed by atoms with Gasteiger partial charge in [-0.05, 0) is 31.8 Å². The minimum absolute atomic E-state index is 0.0631. The van der Waals surface area contributed by atoms with Gasteiger partial charge in [-0.1, -0.05) is 13.8 Å². The van der Waals surface area contributed by atoms with Crippen molar-refractivity contribution in [2.75, 3.05) is 26.2 Å². The van der Waals surface area contributed by atoms with Gasteiger partial charge in [0.1, 0.15) is 6.17 Å². The maximum Gasteiger partial charge on any atom is 0.107 e. The lowest BCUT2D eigenvalue weighted by Crippen LogP contribution is -2.46. The third kappa shape index (κ3) is 2.95. The Hall–Kier alpha value is -0.150. The van der Waals surface area contributed by atoms with Crippen molar-refractivity contribution < 1.29 is 9.13 Å². The molecule has 2 nitrogen and oxygen atoms in total. The van der Waals surface area contributed by atoms with E-state index < -0.39 is 6.17 Å². The molecular weight excluding hydrogens is 205 g/mol. The molecule has 2 aliphatic heterocycles. The van der Waals surface area contributed by atoms with Gasteiger partial charge < -0.3 is 9.64 Å². The first-order valence-corrected chi connectivity index (χ1v) is 6.65. The number of alkyl halides is 1. The second-order valence-corrected chi connectivity index (χ2v) is 5.56. The van der Waals surface area contributed by atoms with Crippen molar-refractivity contribution in [3.8, 4) is 0 Å². The number of rotatable bonds is 2. The molecule has 0 saturated carbocycles. The fraction of sp³-hybridized carbons (Fsp3) is 1.00. The Balaban J connectivity index is 1.80. The van der Waals surface area contributed by atoms with Gasteiger partial charge in [0.2, 0.25) is 0 Å². The van der Waals surface area contributed by atoms with Crippen molar-refractivity contribution in [2.24, 2.45) is 11.8 Å². The summed E-state index contributed by atoms with van der Waals surface area (Å²) in [5, 5.41) is 0. The Morgan fingerprint density at radius 1 is 1.19 bits per heavy atom. The van der Waals surface area contributed by atoms with Crippen molar-refractivity contribution >= 4 is 0 Å². The summed E-state index contributed by atoms with van der Waals surface area (Å²) in [6, 6.07) is 0. The molecule has 0 aromatic carbocycles. The van der Waals surface area contributed by atoms with E-state index in [-0.39, 0.29) is 12.0 Å². The highest BCUT2D eigenvalue weighted by atomic mass is 19.1. The average Bonchev–Trinajstić information content (AvgIpc) is 2.28. The molecule has 2 rings (SSSR count). The smallest absolute Gasteiger partial charge is 0.107 e. The molecule has 16 heavy (non-hydrogen) atoms. The fourth-order valence-corrected chi connectivity index (χ4v) is 2.70. The summed E-state index contributed by atoms with van der Waals surface area (Å²) in [7, 11) is 0. The lowest BCUT2D eigenvalue weighted by molar-refractivity contribution is -0.0749. The third-order valence-electron chi connectivity index (χ3n) is 4.20. The molecule has 0 N–H and O–H groups in total. The molecule has 0 aromatic heterocycles. The molecule has 0 amide bonds. The summed E-state index contributed by atoms with van der Waals surface area (Å²) in [5.74, 6) is 0.919. The van der Waals surface area contributed by atoms with Crippen LogP contribution >= 0.6 is 0 Å². The standard InChI is InChI=1S/C13H24FNO/c1-10-3-6-15(7-4-10)9-13-11(2)12(14)5-8-16-13/h10-13H,3-9H2,1-2H3/t11-,12+,13+/m0/s1. The van der Waals surface area contributed by atoms with E-state index in [2.05, 4.69) is 11.8 Å². The van der Waals surface area contributed by atoms with E-state index in [4.69, 9.17) is 4.74 Å². The number of piperidine rings is 1. The molecule has 3 atom stereocenters. The molecule has 3 heteroatoms. The normalized spacial score (nSPS) is 38.8. The highest BCUT2D eigenvalue weighted by Crippen LogP contribution is 2.25. The van der Waals surface area contributed by atoms with E-state index in [1.165, 1.54) is 12.8 Å².